The molecule has 0 aromatic carbocycles. The van der Waals surface area contributed by atoms with E-state index in [4.69, 9.17) is 0 Å². The van der Waals surface area contributed by atoms with Crippen LogP contribution >= 0.6 is 0 Å². The SMILES string of the molecule is CC1(C)C2=CCCC(F)=C2C(C)(C)C1(C)C. The predicted octanol–water partition coefficient (Wildman–Crippen LogP) is 5.02. The Balaban J connectivity index is 2.74. The molecule has 2 aliphatic rings. The van der Waals surface area contributed by atoms with Crippen molar-refractivity contribution in [3.05, 3.63) is 23.0 Å². The Kier molecular flexibility index (Phi) is 2.22. The minimum absolute atomic E-state index is 0.0591. The summed E-state index contributed by atoms with van der Waals surface area (Å²) >= 11 is 0. The summed E-state index contributed by atoms with van der Waals surface area (Å²) in [5.41, 5.74) is 2.32. The van der Waals surface area contributed by atoms with Gasteiger partial charge in [-0.15, -0.1) is 0 Å². The largest absolute Gasteiger partial charge is 0.211 e. The number of halogens is 1. The minimum atomic E-state index is -0.0766. The van der Waals surface area contributed by atoms with Crippen molar-refractivity contribution in [2.75, 3.05) is 0 Å². The van der Waals surface area contributed by atoms with Crippen LogP contribution in [0.4, 0.5) is 4.39 Å². The van der Waals surface area contributed by atoms with Crippen molar-refractivity contribution in [1.82, 2.24) is 0 Å². The minimum Gasteiger partial charge on any atom is -0.211 e. The average molecular weight is 222 g/mol. The molecule has 0 unspecified atom stereocenters. The summed E-state index contributed by atoms with van der Waals surface area (Å²) in [6.07, 6.45) is 3.71. The third-order valence-electron chi connectivity index (χ3n) is 5.68. The Labute approximate surface area is 98.6 Å². The molecular weight excluding hydrogens is 199 g/mol. The Bertz CT molecular complexity index is 392. The van der Waals surface area contributed by atoms with Gasteiger partial charge in [-0.1, -0.05) is 47.6 Å². The number of fused-ring (bicyclic) bond motifs is 1. The molecule has 1 saturated carbocycles. The summed E-state index contributed by atoms with van der Waals surface area (Å²) in [5, 5.41) is 0. The molecule has 0 nitrogen and oxygen atoms in total. The first-order chi connectivity index (χ1) is 7.14. The Morgan fingerprint density at radius 1 is 1.00 bits per heavy atom. The van der Waals surface area contributed by atoms with Gasteiger partial charge in [0.2, 0.25) is 0 Å². The lowest BCUT2D eigenvalue weighted by Gasteiger charge is -2.43. The van der Waals surface area contributed by atoms with Gasteiger partial charge >= 0.3 is 0 Å². The van der Waals surface area contributed by atoms with Crippen LogP contribution in [0.3, 0.4) is 0 Å². The molecule has 16 heavy (non-hydrogen) atoms. The second-order valence-electron chi connectivity index (χ2n) is 6.81. The summed E-state index contributed by atoms with van der Waals surface area (Å²) in [6, 6.07) is 0. The van der Waals surface area contributed by atoms with Gasteiger partial charge in [-0.25, -0.2) is 4.39 Å². The molecule has 0 atom stereocenters. The van der Waals surface area contributed by atoms with Crippen molar-refractivity contribution in [3.63, 3.8) is 0 Å². The molecule has 1 heteroatoms. The maximum atomic E-state index is 14.2. The monoisotopic (exact) mass is 222 g/mol. The topological polar surface area (TPSA) is 0 Å². The first-order valence-electron chi connectivity index (χ1n) is 6.24. The Hall–Kier alpha value is -0.590. The van der Waals surface area contributed by atoms with Gasteiger partial charge in [0.25, 0.3) is 0 Å². The van der Waals surface area contributed by atoms with Gasteiger partial charge < -0.3 is 0 Å². The van der Waals surface area contributed by atoms with E-state index in [0.717, 1.165) is 12.0 Å². The number of hydrogen-bond donors (Lipinski definition) is 0. The van der Waals surface area contributed by atoms with E-state index in [1.54, 1.807) is 0 Å². The molecule has 0 aliphatic heterocycles. The zero-order valence-electron chi connectivity index (χ0n) is 11.4. The number of hydrogen-bond acceptors (Lipinski definition) is 0. The van der Waals surface area contributed by atoms with Crippen LogP contribution in [0, 0.1) is 16.2 Å². The van der Waals surface area contributed by atoms with Crippen LogP contribution in [-0.2, 0) is 0 Å². The highest BCUT2D eigenvalue weighted by atomic mass is 19.1. The lowest BCUT2D eigenvalue weighted by molar-refractivity contribution is 0.0744. The second-order valence-corrected chi connectivity index (χ2v) is 6.81. The number of allylic oxidation sites excluding steroid dienone is 4. The molecule has 0 spiro atoms. The third-order valence-corrected chi connectivity index (χ3v) is 5.68. The van der Waals surface area contributed by atoms with Gasteiger partial charge in [0.15, 0.2) is 0 Å². The van der Waals surface area contributed by atoms with Crippen LogP contribution in [-0.4, -0.2) is 0 Å². The standard InChI is InChI=1S/C15H23F/c1-13(2)10-8-7-9-11(16)12(10)14(3,4)15(13,5)6/h8H,7,9H2,1-6H3. The van der Waals surface area contributed by atoms with E-state index in [0.29, 0.717) is 6.42 Å². The smallest absolute Gasteiger partial charge is 0.104 e. The fourth-order valence-corrected chi connectivity index (χ4v) is 3.39. The van der Waals surface area contributed by atoms with Crippen molar-refractivity contribution in [1.29, 1.82) is 0 Å². The maximum Gasteiger partial charge on any atom is 0.104 e. The maximum absolute atomic E-state index is 14.2. The van der Waals surface area contributed by atoms with Crippen LogP contribution < -0.4 is 0 Å². The fourth-order valence-electron chi connectivity index (χ4n) is 3.39. The molecule has 0 N–H and O–H groups in total. The van der Waals surface area contributed by atoms with Gasteiger partial charge in [0.1, 0.15) is 5.83 Å². The van der Waals surface area contributed by atoms with E-state index in [9.17, 15) is 4.39 Å². The lowest BCUT2D eigenvalue weighted by atomic mass is 9.60. The van der Waals surface area contributed by atoms with Crippen LogP contribution in [0.25, 0.3) is 0 Å². The van der Waals surface area contributed by atoms with Crippen LogP contribution in [0.5, 0.6) is 0 Å². The summed E-state index contributed by atoms with van der Waals surface area (Å²) in [6.45, 7) is 13.4. The molecule has 0 aromatic heterocycles. The van der Waals surface area contributed by atoms with Crippen LogP contribution in [0.2, 0.25) is 0 Å². The van der Waals surface area contributed by atoms with Gasteiger partial charge in [0.05, 0.1) is 0 Å². The molecule has 0 aromatic rings. The van der Waals surface area contributed by atoms with E-state index in [2.05, 4.69) is 47.6 Å². The third kappa shape index (κ3) is 1.10. The van der Waals surface area contributed by atoms with E-state index >= 15 is 0 Å². The highest BCUT2D eigenvalue weighted by molar-refractivity contribution is 5.52. The zero-order valence-corrected chi connectivity index (χ0v) is 11.4. The van der Waals surface area contributed by atoms with Crippen LogP contribution in [0.1, 0.15) is 54.4 Å². The first-order valence-corrected chi connectivity index (χ1v) is 6.24. The fraction of sp³-hybridized carbons (Fsp3) is 0.733. The molecule has 0 bridgehead atoms. The van der Waals surface area contributed by atoms with Gasteiger partial charge in [-0.2, -0.15) is 0 Å². The number of rotatable bonds is 0. The molecule has 90 valence electrons. The zero-order chi connectivity index (χ0) is 12.4. The summed E-state index contributed by atoms with van der Waals surface area (Å²) < 4.78 is 14.2. The van der Waals surface area contributed by atoms with Crippen molar-refractivity contribution in [2.24, 2.45) is 16.2 Å². The quantitative estimate of drug-likeness (QED) is 0.539. The molecule has 2 rings (SSSR count). The lowest BCUT2D eigenvalue weighted by Crippen LogP contribution is -2.37. The van der Waals surface area contributed by atoms with E-state index in [1.807, 2.05) is 0 Å². The summed E-state index contributed by atoms with van der Waals surface area (Å²) in [5.74, 6) is 0.126. The highest BCUT2D eigenvalue weighted by Gasteiger charge is 2.60. The molecule has 2 aliphatic carbocycles. The molecule has 0 radical (unpaired) electrons. The van der Waals surface area contributed by atoms with Crippen molar-refractivity contribution in [3.8, 4) is 0 Å². The normalized spacial score (nSPS) is 30.1. The molecular formula is C15H23F. The summed E-state index contributed by atoms with van der Waals surface area (Å²) in [7, 11) is 0. The van der Waals surface area contributed by atoms with E-state index < -0.39 is 0 Å². The average Bonchev–Trinajstić information content (AvgIpc) is 2.25. The van der Waals surface area contributed by atoms with Gasteiger partial charge in [0, 0.05) is 6.42 Å². The van der Waals surface area contributed by atoms with Crippen molar-refractivity contribution >= 4 is 0 Å². The second kappa shape index (κ2) is 3.00. The first kappa shape index (κ1) is 11.9. The van der Waals surface area contributed by atoms with Crippen molar-refractivity contribution < 1.29 is 4.39 Å². The summed E-state index contributed by atoms with van der Waals surface area (Å²) in [4.78, 5) is 0. The Morgan fingerprint density at radius 3 is 2.06 bits per heavy atom. The van der Waals surface area contributed by atoms with E-state index in [-0.39, 0.29) is 22.1 Å². The molecule has 1 fully saturated rings. The van der Waals surface area contributed by atoms with Crippen LogP contribution in [0.15, 0.2) is 23.0 Å². The van der Waals surface area contributed by atoms with Gasteiger partial charge in [-0.05, 0) is 33.8 Å². The Morgan fingerprint density at radius 2 is 1.56 bits per heavy atom. The highest BCUT2D eigenvalue weighted by Crippen LogP contribution is 2.68. The predicted molar refractivity (Wildman–Crippen MR) is 66.8 cm³/mol. The molecule has 0 saturated heterocycles. The van der Waals surface area contributed by atoms with E-state index in [1.165, 1.54) is 5.57 Å². The van der Waals surface area contributed by atoms with Gasteiger partial charge in [-0.3, -0.25) is 0 Å². The van der Waals surface area contributed by atoms with Crippen molar-refractivity contribution in [2.45, 2.75) is 54.4 Å². The molecule has 0 heterocycles. The molecule has 0 amide bonds.